The SMILES string of the molecule is Cc1ccc(-n2c3ccccc3c3c4c5ccccc5n(-c5ccc(-c6ccc(-c7ccccc7)cc6)cc5)c4c4ccccc4c32)cc1.Cc1ccc(-n2c3ccccc3c3c4c5ccccc5n(-c5ccc6c(c5)C(C)(C)c5ccccc5-6)c4c4ccccc4c32)cc1.Cc1ccc(-n2c3ccccc3c3c4c5ccccc5n(-c5ccc6c(c5)sc5ccccc56)c4c4ccccc4c32)cc1. The van der Waals surface area contributed by atoms with E-state index < -0.39 is 0 Å². The molecule has 0 amide bonds. The Hall–Kier alpha value is -17.4. The zero-order chi connectivity index (χ0) is 92.1. The predicted molar refractivity (Wildman–Crippen MR) is 593 cm³/mol. The summed E-state index contributed by atoms with van der Waals surface area (Å²) in [6, 6.07) is 168. The molecule has 1 aliphatic carbocycles. The minimum Gasteiger partial charge on any atom is -0.309 e. The van der Waals surface area contributed by atoms with Crippen LogP contribution in [-0.2, 0) is 5.41 Å². The van der Waals surface area contributed by atoms with Gasteiger partial charge in [-0.3, -0.25) is 0 Å². The average Bonchev–Trinajstić information content (AvgIpc) is 1.53. The van der Waals surface area contributed by atoms with Gasteiger partial charge in [0.25, 0.3) is 0 Å². The third kappa shape index (κ3) is 12.0. The number of para-hydroxylation sites is 6. The molecule has 7 aromatic heterocycles. The van der Waals surface area contributed by atoms with Crippen LogP contribution in [-0.4, -0.2) is 27.4 Å². The summed E-state index contributed by atoms with van der Waals surface area (Å²) in [5, 5.41) is 25.7. The van der Waals surface area contributed by atoms with E-state index in [4.69, 9.17) is 0 Å². The van der Waals surface area contributed by atoms with Crippen LogP contribution in [0.5, 0.6) is 0 Å². The Morgan fingerprint density at radius 1 is 0.173 bits per heavy atom. The van der Waals surface area contributed by atoms with Crippen molar-refractivity contribution in [3.05, 3.63) is 483 Å². The van der Waals surface area contributed by atoms with Crippen LogP contribution in [0.15, 0.2) is 455 Å². The summed E-state index contributed by atoms with van der Waals surface area (Å²) in [7, 11) is 0. The van der Waals surface area contributed by atoms with E-state index in [1.807, 2.05) is 11.3 Å². The van der Waals surface area contributed by atoms with Crippen LogP contribution in [0.1, 0.15) is 41.7 Å². The Labute approximate surface area is 806 Å². The van der Waals surface area contributed by atoms with Gasteiger partial charge in [0.05, 0.1) is 66.2 Å². The van der Waals surface area contributed by atoms with E-state index in [9.17, 15) is 0 Å². The molecular weight excluding hydrogens is 1700 g/mol. The number of rotatable bonds is 8. The summed E-state index contributed by atoms with van der Waals surface area (Å²) in [6.07, 6.45) is 0. The molecule has 30 rings (SSSR count). The molecule has 139 heavy (non-hydrogen) atoms. The number of hydrogen-bond donors (Lipinski definition) is 0. The number of hydrogen-bond acceptors (Lipinski definition) is 1. The molecule has 0 radical (unpaired) electrons. The molecule has 6 nitrogen and oxygen atoms in total. The van der Waals surface area contributed by atoms with E-state index in [2.05, 4.69) is 517 Å². The molecule has 654 valence electrons. The monoisotopic (exact) mass is 1790 g/mol. The van der Waals surface area contributed by atoms with Crippen molar-refractivity contribution in [3.8, 4) is 67.5 Å². The summed E-state index contributed by atoms with van der Waals surface area (Å²) in [4.78, 5) is 0. The van der Waals surface area contributed by atoms with Crippen LogP contribution in [0.3, 0.4) is 0 Å². The zero-order valence-electron chi connectivity index (χ0n) is 77.4. The molecule has 0 atom stereocenters. The lowest BCUT2D eigenvalue weighted by molar-refractivity contribution is 0.660. The normalized spacial score (nSPS) is 12.6. The van der Waals surface area contributed by atoms with Crippen LogP contribution in [0.25, 0.3) is 251 Å². The first-order chi connectivity index (χ1) is 68.5. The lowest BCUT2D eigenvalue weighted by Crippen LogP contribution is -2.15. The standard InChI is InChI=1S/C47H32N2.C44H32N2.C41H26N2S/c1-31-19-27-36(28-20-31)48-42-17-9-7-15-40(42)44-45-41-16-8-10-18-43(41)49(47(45)39-14-6-5-13-38(39)46(44)48)37-29-25-35(26-30-37)34-23-21-33(22-24-34)32-11-3-2-4-12-32;1-27-20-22-28(23-21-27)45-38-18-10-7-15-34(38)40-41-35-16-8-11-19-39(35)46(43(41)33-14-5-4-13-32(33)42(40)45)29-24-25-31-30-12-6-9-17-36(30)44(2,3)37(31)26-29;1-25-18-20-26(21-19-25)42-34-15-7-4-13-32(34)38-39-33-14-5-8-16-35(33)43(41(39)31-12-3-2-11-30(31)40(38)42)27-22-23-29-28-10-6-9-17-36(28)44-37(29)24-27/h2-30H,1H3;4-26H,1-3H3;2-24H,1H3. The van der Waals surface area contributed by atoms with Crippen LogP contribution in [0.4, 0.5) is 0 Å². The number of fused-ring (bicyclic) bond motifs is 36. The first-order valence-corrected chi connectivity index (χ1v) is 49.1. The van der Waals surface area contributed by atoms with Crippen molar-refractivity contribution in [3.63, 3.8) is 0 Å². The summed E-state index contributed by atoms with van der Waals surface area (Å²) in [5.74, 6) is 0. The van der Waals surface area contributed by atoms with Crippen LogP contribution in [0.2, 0.25) is 0 Å². The van der Waals surface area contributed by atoms with Gasteiger partial charge in [-0.25, -0.2) is 0 Å². The van der Waals surface area contributed by atoms with Gasteiger partial charge in [-0.05, 0) is 181 Å². The highest BCUT2D eigenvalue weighted by molar-refractivity contribution is 7.25. The number of aromatic nitrogens is 6. The fourth-order valence-corrected chi connectivity index (χ4v) is 25.0. The predicted octanol–water partition coefficient (Wildman–Crippen LogP) is 36.0. The lowest BCUT2D eigenvalue weighted by Gasteiger charge is -2.22. The van der Waals surface area contributed by atoms with Gasteiger partial charge in [-0.1, -0.05) is 370 Å². The molecule has 0 N–H and O–H groups in total. The van der Waals surface area contributed by atoms with Crippen LogP contribution < -0.4 is 0 Å². The fourth-order valence-electron chi connectivity index (χ4n) is 23.8. The quantitative estimate of drug-likeness (QED) is 0.145. The van der Waals surface area contributed by atoms with Gasteiger partial charge >= 0.3 is 0 Å². The second-order valence-corrected chi connectivity index (χ2v) is 39.4. The number of nitrogens with zero attached hydrogens (tertiary/aromatic N) is 6. The molecule has 1 aliphatic rings. The maximum Gasteiger partial charge on any atom is 0.0627 e. The van der Waals surface area contributed by atoms with E-state index >= 15 is 0 Å². The van der Waals surface area contributed by atoms with Crippen molar-refractivity contribution in [2.45, 2.75) is 40.0 Å². The van der Waals surface area contributed by atoms with Crippen molar-refractivity contribution in [2.24, 2.45) is 0 Å². The van der Waals surface area contributed by atoms with Gasteiger partial charge in [-0.2, -0.15) is 0 Å². The topological polar surface area (TPSA) is 29.6 Å². The smallest absolute Gasteiger partial charge is 0.0627 e. The second-order valence-electron chi connectivity index (χ2n) is 38.3. The van der Waals surface area contributed by atoms with Crippen molar-refractivity contribution >= 4 is 195 Å². The molecule has 22 aromatic carbocycles. The molecular formula is C132H90N6S. The Balaban J connectivity index is 0.000000103. The second kappa shape index (κ2) is 31.1. The lowest BCUT2D eigenvalue weighted by atomic mass is 9.82. The average molecular weight is 1790 g/mol. The molecule has 7 heteroatoms. The first kappa shape index (κ1) is 80.1. The maximum absolute atomic E-state index is 2.53. The minimum atomic E-state index is -0.0719. The third-order valence-corrected chi connectivity index (χ3v) is 31.2. The molecule has 0 spiro atoms. The van der Waals surface area contributed by atoms with Gasteiger partial charge in [0, 0.05) is 157 Å². The van der Waals surface area contributed by atoms with Gasteiger partial charge in [0.2, 0.25) is 0 Å². The summed E-state index contributed by atoms with van der Waals surface area (Å²) in [5.41, 5.74) is 36.1. The Morgan fingerprint density at radius 3 is 0.763 bits per heavy atom. The van der Waals surface area contributed by atoms with Crippen molar-refractivity contribution in [1.82, 2.24) is 27.4 Å². The zero-order valence-corrected chi connectivity index (χ0v) is 78.2. The van der Waals surface area contributed by atoms with Gasteiger partial charge in [0.1, 0.15) is 0 Å². The highest BCUT2D eigenvalue weighted by Gasteiger charge is 2.37. The van der Waals surface area contributed by atoms with E-state index in [1.165, 1.54) is 273 Å². The highest BCUT2D eigenvalue weighted by Crippen LogP contribution is 2.55. The molecule has 29 aromatic rings. The van der Waals surface area contributed by atoms with E-state index in [-0.39, 0.29) is 5.41 Å². The Bertz CT molecular complexity index is 10200. The third-order valence-electron chi connectivity index (χ3n) is 30.1. The van der Waals surface area contributed by atoms with E-state index in [0.29, 0.717) is 0 Å². The molecule has 0 aliphatic heterocycles. The van der Waals surface area contributed by atoms with E-state index in [0.717, 1.165) is 5.69 Å². The first-order valence-electron chi connectivity index (χ1n) is 48.3. The van der Waals surface area contributed by atoms with Crippen molar-refractivity contribution in [2.75, 3.05) is 0 Å². The summed E-state index contributed by atoms with van der Waals surface area (Å²) < 4.78 is 17.6. The molecule has 0 saturated carbocycles. The minimum absolute atomic E-state index is 0.0719. The number of thiophene rings is 1. The Morgan fingerprint density at radius 2 is 0.410 bits per heavy atom. The fraction of sp³-hybridized carbons (Fsp3) is 0.0455. The molecule has 7 heterocycles. The van der Waals surface area contributed by atoms with E-state index in [1.54, 1.807) is 0 Å². The van der Waals surface area contributed by atoms with Crippen molar-refractivity contribution < 1.29 is 0 Å². The van der Waals surface area contributed by atoms with Crippen LogP contribution in [0, 0.1) is 20.8 Å². The molecule has 0 saturated heterocycles. The van der Waals surface area contributed by atoms with Crippen molar-refractivity contribution in [1.29, 1.82) is 0 Å². The highest BCUT2D eigenvalue weighted by atomic mass is 32.1. The summed E-state index contributed by atoms with van der Waals surface area (Å²) in [6.45, 7) is 11.2. The molecule has 0 bridgehead atoms. The number of benzene rings is 22. The largest absolute Gasteiger partial charge is 0.309 e. The van der Waals surface area contributed by atoms with Gasteiger partial charge in [0.15, 0.2) is 0 Å². The van der Waals surface area contributed by atoms with Gasteiger partial charge in [-0.15, -0.1) is 11.3 Å². The van der Waals surface area contributed by atoms with Crippen LogP contribution >= 0.6 is 11.3 Å². The number of aryl methyl sites for hydroxylation is 3. The molecule has 0 unspecified atom stereocenters. The summed E-state index contributed by atoms with van der Waals surface area (Å²) >= 11 is 1.88. The van der Waals surface area contributed by atoms with Gasteiger partial charge < -0.3 is 27.4 Å². The Kier molecular flexibility index (Phi) is 17.9. The maximum atomic E-state index is 2.53. The molecule has 0 fully saturated rings.